The summed E-state index contributed by atoms with van der Waals surface area (Å²) in [6, 6.07) is 7.81. The molecule has 9 heteroatoms. The molecule has 1 aliphatic carbocycles. The number of hydrogen-bond donors (Lipinski definition) is 1. The van der Waals surface area contributed by atoms with Crippen molar-refractivity contribution in [3.8, 4) is 0 Å². The van der Waals surface area contributed by atoms with Gasteiger partial charge in [0, 0.05) is 35.1 Å². The Labute approximate surface area is 191 Å². The first kappa shape index (κ1) is 22.3. The Morgan fingerprint density at radius 1 is 1.06 bits per heavy atom. The largest absolute Gasteiger partial charge is 0.349 e. The van der Waals surface area contributed by atoms with Gasteiger partial charge in [-0.1, -0.05) is 24.4 Å². The number of carbonyl (C=O) groups is 2. The molecule has 1 saturated carbocycles. The number of hydrogen-bond acceptors (Lipinski definition) is 5. The van der Waals surface area contributed by atoms with Crippen molar-refractivity contribution in [2.24, 2.45) is 0 Å². The van der Waals surface area contributed by atoms with Crippen LogP contribution in [0.2, 0.25) is 5.02 Å². The standard InChI is InChI=1S/C22H25ClN2O4S2/c23-17-3-5-19(6-4-17)31(28,29)22(10-1-2-11-22)21(27)25-12-7-18(8-13-25)24-20(26)16-9-14-30-15-16/h3-6,9,14-15,18H,1-2,7-8,10-13H2,(H,24,26). The molecule has 1 aliphatic heterocycles. The predicted octanol–water partition coefficient (Wildman–Crippen LogP) is 3.91. The SMILES string of the molecule is O=C(NC1CCN(C(=O)C2(S(=O)(=O)c3ccc(Cl)cc3)CCCC2)CC1)c1ccsc1. The molecule has 1 N–H and O–H groups in total. The van der Waals surface area contributed by atoms with E-state index in [-0.39, 0.29) is 22.8 Å². The highest BCUT2D eigenvalue weighted by Crippen LogP contribution is 2.42. The Morgan fingerprint density at radius 3 is 2.29 bits per heavy atom. The molecule has 31 heavy (non-hydrogen) atoms. The molecule has 0 spiro atoms. The van der Waals surface area contributed by atoms with Gasteiger partial charge in [0.1, 0.15) is 0 Å². The van der Waals surface area contributed by atoms with E-state index in [1.807, 2.05) is 5.38 Å². The topological polar surface area (TPSA) is 83.6 Å². The van der Waals surface area contributed by atoms with Crippen LogP contribution in [-0.4, -0.2) is 49.0 Å². The molecule has 6 nitrogen and oxygen atoms in total. The second-order valence-electron chi connectivity index (χ2n) is 8.21. The molecule has 2 heterocycles. The van der Waals surface area contributed by atoms with Crippen LogP contribution in [-0.2, 0) is 14.6 Å². The van der Waals surface area contributed by atoms with Gasteiger partial charge in [-0.25, -0.2) is 8.42 Å². The molecule has 0 bridgehead atoms. The van der Waals surface area contributed by atoms with Crippen LogP contribution in [0.3, 0.4) is 0 Å². The van der Waals surface area contributed by atoms with Crippen molar-refractivity contribution in [1.82, 2.24) is 10.2 Å². The summed E-state index contributed by atoms with van der Waals surface area (Å²) in [6.07, 6.45) is 3.33. The maximum Gasteiger partial charge on any atom is 0.252 e. The van der Waals surface area contributed by atoms with Gasteiger partial charge in [0.05, 0.1) is 4.90 Å². The first-order valence-electron chi connectivity index (χ1n) is 10.5. The first-order chi connectivity index (χ1) is 14.8. The number of nitrogens with zero attached hydrogens (tertiary/aromatic N) is 1. The summed E-state index contributed by atoms with van der Waals surface area (Å²) in [4.78, 5) is 27.7. The van der Waals surface area contributed by atoms with E-state index >= 15 is 0 Å². The van der Waals surface area contributed by atoms with E-state index in [0.717, 1.165) is 0 Å². The fourth-order valence-electron chi connectivity index (χ4n) is 4.56. The summed E-state index contributed by atoms with van der Waals surface area (Å²) < 4.78 is 25.7. The number of likely N-dealkylation sites (tertiary alicyclic amines) is 1. The Hall–Kier alpha value is -1.90. The van der Waals surface area contributed by atoms with Crippen LogP contribution >= 0.6 is 22.9 Å². The molecule has 0 atom stereocenters. The number of thiophene rings is 1. The molecule has 1 saturated heterocycles. The number of halogens is 1. The Bertz CT molecular complexity index is 1040. The zero-order valence-corrected chi connectivity index (χ0v) is 19.4. The molecular formula is C22H25ClN2O4S2. The summed E-state index contributed by atoms with van der Waals surface area (Å²) in [5, 5.41) is 7.14. The fourth-order valence-corrected chi connectivity index (χ4v) is 7.45. The minimum atomic E-state index is -3.85. The molecule has 2 aromatic rings. The molecular weight excluding hydrogens is 456 g/mol. The van der Waals surface area contributed by atoms with Crippen molar-refractivity contribution in [2.75, 3.05) is 13.1 Å². The van der Waals surface area contributed by atoms with Gasteiger partial charge < -0.3 is 10.2 Å². The van der Waals surface area contributed by atoms with E-state index in [4.69, 9.17) is 11.6 Å². The lowest BCUT2D eigenvalue weighted by atomic mass is 10.00. The number of benzene rings is 1. The summed E-state index contributed by atoms with van der Waals surface area (Å²) >= 11 is 7.39. The highest BCUT2D eigenvalue weighted by atomic mass is 35.5. The molecule has 0 unspecified atom stereocenters. The third kappa shape index (κ3) is 4.25. The molecule has 0 radical (unpaired) electrons. The van der Waals surface area contributed by atoms with E-state index in [0.29, 0.717) is 62.2 Å². The number of carbonyl (C=O) groups excluding carboxylic acids is 2. The van der Waals surface area contributed by atoms with Crippen LogP contribution in [0.1, 0.15) is 48.9 Å². The van der Waals surface area contributed by atoms with Crippen molar-refractivity contribution >= 4 is 44.6 Å². The first-order valence-corrected chi connectivity index (χ1v) is 13.3. The summed E-state index contributed by atoms with van der Waals surface area (Å²) in [5.74, 6) is -0.411. The molecule has 166 valence electrons. The minimum absolute atomic E-state index is 0.0242. The van der Waals surface area contributed by atoms with Crippen LogP contribution in [0.15, 0.2) is 46.0 Å². The monoisotopic (exact) mass is 480 g/mol. The molecule has 2 aliphatic rings. The van der Waals surface area contributed by atoms with Gasteiger partial charge in [0.15, 0.2) is 14.6 Å². The number of rotatable bonds is 5. The zero-order valence-electron chi connectivity index (χ0n) is 17.1. The number of nitrogens with one attached hydrogen (secondary N) is 1. The summed E-state index contributed by atoms with van der Waals surface area (Å²) in [5.41, 5.74) is 0.641. The van der Waals surface area contributed by atoms with Gasteiger partial charge in [-0.15, -0.1) is 0 Å². The van der Waals surface area contributed by atoms with Gasteiger partial charge >= 0.3 is 0 Å². The van der Waals surface area contributed by atoms with Gasteiger partial charge in [0.2, 0.25) is 5.91 Å². The molecule has 1 aromatic carbocycles. The number of sulfone groups is 1. The van der Waals surface area contributed by atoms with Gasteiger partial charge in [-0.05, 0) is 61.4 Å². The zero-order chi connectivity index (χ0) is 22.1. The van der Waals surface area contributed by atoms with Crippen LogP contribution < -0.4 is 5.32 Å². The average Bonchev–Trinajstić information content (AvgIpc) is 3.47. The van der Waals surface area contributed by atoms with E-state index in [1.54, 1.807) is 28.5 Å². The van der Waals surface area contributed by atoms with Crippen molar-refractivity contribution in [1.29, 1.82) is 0 Å². The number of amides is 2. The Morgan fingerprint density at radius 2 is 1.71 bits per heavy atom. The molecule has 2 fully saturated rings. The summed E-state index contributed by atoms with van der Waals surface area (Å²) in [6.45, 7) is 0.872. The highest BCUT2D eigenvalue weighted by molar-refractivity contribution is 7.93. The van der Waals surface area contributed by atoms with Gasteiger partial charge in [-0.2, -0.15) is 11.3 Å². The summed E-state index contributed by atoms with van der Waals surface area (Å²) in [7, 11) is -3.85. The number of piperidine rings is 1. The maximum absolute atomic E-state index is 13.6. The maximum atomic E-state index is 13.6. The second-order valence-corrected chi connectivity index (χ2v) is 11.7. The van der Waals surface area contributed by atoms with Crippen LogP contribution in [0.4, 0.5) is 0 Å². The average molecular weight is 481 g/mol. The van der Waals surface area contributed by atoms with Crippen molar-refractivity contribution < 1.29 is 18.0 Å². The lowest BCUT2D eigenvalue weighted by molar-refractivity contribution is -0.135. The van der Waals surface area contributed by atoms with Gasteiger partial charge in [-0.3, -0.25) is 9.59 Å². The third-order valence-corrected chi connectivity index (χ3v) is 9.78. The predicted molar refractivity (Wildman–Crippen MR) is 121 cm³/mol. The molecule has 4 rings (SSSR count). The third-order valence-electron chi connectivity index (χ3n) is 6.34. The van der Waals surface area contributed by atoms with Crippen molar-refractivity contribution in [3.05, 3.63) is 51.7 Å². The van der Waals surface area contributed by atoms with E-state index in [1.165, 1.54) is 23.5 Å². The van der Waals surface area contributed by atoms with Crippen molar-refractivity contribution in [2.45, 2.75) is 54.2 Å². The van der Waals surface area contributed by atoms with Gasteiger partial charge in [0.25, 0.3) is 5.91 Å². The molecule has 1 aromatic heterocycles. The van der Waals surface area contributed by atoms with E-state index in [2.05, 4.69) is 5.32 Å². The van der Waals surface area contributed by atoms with Crippen molar-refractivity contribution in [3.63, 3.8) is 0 Å². The Kier molecular flexibility index (Phi) is 6.42. The quantitative estimate of drug-likeness (QED) is 0.703. The lowest BCUT2D eigenvalue weighted by Gasteiger charge is -2.38. The lowest BCUT2D eigenvalue weighted by Crippen LogP contribution is -2.55. The fraction of sp³-hybridized carbons (Fsp3) is 0.455. The normalized spacial score (nSPS) is 19.3. The van der Waals surface area contributed by atoms with Crippen LogP contribution in [0.5, 0.6) is 0 Å². The second kappa shape index (κ2) is 8.92. The Balaban J connectivity index is 1.47. The van der Waals surface area contributed by atoms with E-state index < -0.39 is 14.6 Å². The minimum Gasteiger partial charge on any atom is -0.349 e. The highest BCUT2D eigenvalue weighted by Gasteiger charge is 2.54. The van der Waals surface area contributed by atoms with Crippen LogP contribution in [0.25, 0.3) is 0 Å². The van der Waals surface area contributed by atoms with Crippen LogP contribution in [0, 0.1) is 0 Å². The van der Waals surface area contributed by atoms with E-state index in [9.17, 15) is 18.0 Å². The smallest absolute Gasteiger partial charge is 0.252 e. The molecule has 2 amide bonds.